The third kappa shape index (κ3) is 7.95. The fourth-order valence-electron chi connectivity index (χ4n) is 6.85. The number of hydrogen-bond acceptors (Lipinski definition) is 8. The van der Waals surface area contributed by atoms with E-state index in [4.69, 9.17) is 9.47 Å². The minimum absolute atomic E-state index is 0.179. The molecule has 0 amide bonds. The predicted molar refractivity (Wildman–Crippen MR) is 175 cm³/mol. The number of carbonyl (C=O) groups is 4. The molecule has 0 heterocycles. The molecular weight excluding hydrogens is 584 g/mol. The van der Waals surface area contributed by atoms with E-state index in [1.165, 1.54) is 0 Å². The van der Waals surface area contributed by atoms with E-state index in [-0.39, 0.29) is 26.1 Å². The van der Waals surface area contributed by atoms with Gasteiger partial charge in [-0.3, -0.25) is 19.2 Å². The molecule has 0 aliphatic heterocycles. The summed E-state index contributed by atoms with van der Waals surface area (Å²) in [6.45, 7) is 8.11. The summed E-state index contributed by atoms with van der Waals surface area (Å²) in [5.74, 6) is -3.71. The Morgan fingerprint density at radius 2 is 1.00 bits per heavy atom. The van der Waals surface area contributed by atoms with Crippen molar-refractivity contribution in [1.82, 2.24) is 0 Å². The normalized spacial score (nSPS) is 24.7. The van der Waals surface area contributed by atoms with Crippen LogP contribution in [0.1, 0.15) is 120 Å². The van der Waals surface area contributed by atoms with Crippen LogP contribution in [0.15, 0.2) is 36.4 Å². The highest BCUT2D eigenvalue weighted by atomic mass is 16.5. The number of aryl methyl sites for hydroxylation is 4. The lowest BCUT2D eigenvalue weighted by molar-refractivity contribution is -0.160. The molecule has 0 radical (unpaired) electrons. The van der Waals surface area contributed by atoms with Gasteiger partial charge in [-0.25, -0.2) is 0 Å². The van der Waals surface area contributed by atoms with Crippen LogP contribution in [-0.4, -0.2) is 58.1 Å². The molecule has 4 atom stereocenters. The lowest BCUT2D eigenvalue weighted by atomic mass is 9.71. The highest BCUT2D eigenvalue weighted by molar-refractivity contribution is 6.05. The second-order valence-corrected chi connectivity index (χ2v) is 13.5. The summed E-state index contributed by atoms with van der Waals surface area (Å²) >= 11 is 0. The number of rotatable bonds is 13. The molecule has 0 bridgehead atoms. The quantitative estimate of drug-likeness (QED) is 0.146. The second-order valence-electron chi connectivity index (χ2n) is 13.5. The van der Waals surface area contributed by atoms with Crippen molar-refractivity contribution in [3.8, 4) is 0 Å². The van der Waals surface area contributed by atoms with E-state index in [0.29, 0.717) is 49.7 Å². The Labute approximate surface area is 272 Å². The highest BCUT2D eigenvalue weighted by Crippen LogP contribution is 2.39. The predicted octanol–water partition coefficient (Wildman–Crippen LogP) is 6.48. The number of aliphatic hydroxyl groups is 2. The molecule has 46 heavy (non-hydrogen) atoms. The van der Waals surface area contributed by atoms with Gasteiger partial charge in [-0.2, -0.15) is 0 Å². The summed E-state index contributed by atoms with van der Waals surface area (Å²) < 4.78 is 11.1. The topological polar surface area (TPSA) is 127 Å². The fraction of sp³-hybridized carbons (Fsp3) is 0.579. The van der Waals surface area contributed by atoms with Crippen LogP contribution >= 0.6 is 0 Å². The average molecular weight is 635 g/mol. The van der Waals surface area contributed by atoms with E-state index in [2.05, 4.69) is 0 Å². The molecule has 2 aliphatic carbocycles. The van der Waals surface area contributed by atoms with E-state index < -0.39 is 46.5 Å². The number of esters is 2. The van der Waals surface area contributed by atoms with Crippen LogP contribution in [-0.2, 0) is 19.1 Å². The monoisotopic (exact) mass is 634 g/mol. The molecule has 250 valence electrons. The Kier molecular flexibility index (Phi) is 11.9. The third-order valence-corrected chi connectivity index (χ3v) is 10.2. The molecule has 2 N–H and O–H groups in total. The Morgan fingerprint density at radius 1 is 0.609 bits per heavy atom. The highest BCUT2D eigenvalue weighted by Gasteiger charge is 2.51. The van der Waals surface area contributed by atoms with Crippen molar-refractivity contribution < 1.29 is 38.9 Å². The summed E-state index contributed by atoms with van der Waals surface area (Å²) in [7, 11) is 0. The van der Waals surface area contributed by atoms with Gasteiger partial charge in [0.2, 0.25) is 0 Å². The molecule has 0 spiro atoms. The Bertz CT molecular complexity index is 1320. The summed E-state index contributed by atoms with van der Waals surface area (Å²) in [5.41, 5.74) is 1.30. The van der Waals surface area contributed by atoms with Crippen molar-refractivity contribution in [2.24, 2.45) is 11.8 Å². The zero-order chi connectivity index (χ0) is 33.5. The molecule has 2 fully saturated rings. The number of carbonyl (C=O) groups excluding carboxylic acids is 4. The number of benzene rings is 2. The smallest absolute Gasteiger partial charge is 0.312 e. The van der Waals surface area contributed by atoms with E-state index in [0.717, 1.165) is 47.9 Å². The van der Waals surface area contributed by atoms with Crippen LogP contribution in [0.4, 0.5) is 0 Å². The molecule has 2 aromatic rings. The lowest BCUT2D eigenvalue weighted by Gasteiger charge is -2.37. The van der Waals surface area contributed by atoms with Crippen molar-refractivity contribution in [3.63, 3.8) is 0 Å². The number of unbranched alkanes of at least 4 members (excludes halogenated alkanes) is 3. The van der Waals surface area contributed by atoms with Crippen LogP contribution in [0, 0.1) is 39.5 Å². The van der Waals surface area contributed by atoms with Crippen molar-refractivity contribution in [2.45, 2.75) is 116 Å². The first kappa shape index (κ1) is 35.5. The second kappa shape index (κ2) is 15.5. The Morgan fingerprint density at radius 3 is 1.37 bits per heavy atom. The molecule has 4 rings (SSSR count). The SMILES string of the molecule is Cc1ccc(C(=O)C2(O)CCCCC2C(=O)OCCCCCCOC(=O)C2CCCCC2(O)C(=O)c2ccc(C)c(C)c2)cc1C. The van der Waals surface area contributed by atoms with Crippen LogP contribution < -0.4 is 0 Å². The zero-order valence-electron chi connectivity index (χ0n) is 27.9. The van der Waals surface area contributed by atoms with Crippen LogP contribution in [0.5, 0.6) is 0 Å². The standard InChI is InChI=1S/C38H50O8/c1-25-15-17-29(23-27(25)3)33(39)37(43)19-9-7-13-31(37)35(41)45-21-11-5-6-12-22-46-36(42)32-14-8-10-20-38(32,44)34(40)30-18-16-26(2)28(4)24-30/h15-18,23-24,31-32,43-44H,5-14,19-22H2,1-4H3. The third-order valence-electron chi connectivity index (χ3n) is 10.2. The van der Waals surface area contributed by atoms with E-state index in [9.17, 15) is 29.4 Å². The van der Waals surface area contributed by atoms with Crippen molar-refractivity contribution in [3.05, 3.63) is 69.8 Å². The van der Waals surface area contributed by atoms with Gasteiger partial charge in [0.25, 0.3) is 0 Å². The van der Waals surface area contributed by atoms with E-state index in [1.807, 2.05) is 39.8 Å². The Balaban J connectivity index is 1.20. The van der Waals surface area contributed by atoms with Crippen molar-refractivity contribution >= 4 is 23.5 Å². The number of Topliss-reactive ketones (excluding diaryl/α,β-unsaturated/α-hetero) is 2. The first-order chi connectivity index (χ1) is 21.9. The molecule has 2 aromatic carbocycles. The first-order valence-corrected chi connectivity index (χ1v) is 16.9. The van der Waals surface area contributed by atoms with Crippen LogP contribution in [0.2, 0.25) is 0 Å². The van der Waals surface area contributed by atoms with Crippen LogP contribution in [0.25, 0.3) is 0 Å². The molecule has 8 heteroatoms. The number of ether oxygens (including phenoxy) is 2. The largest absolute Gasteiger partial charge is 0.465 e. The summed E-state index contributed by atoms with van der Waals surface area (Å²) in [6, 6.07) is 10.7. The molecule has 0 aromatic heterocycles. The van der Waals surface area contributed by atoms with Gasteiger partial charge in [-0.15, -0.1) is 0 Å². The maximum absolute atomic E-state index is 13.4. The molecular formula is C38H50O8. The minimum atomic E-state index is -1.77. The van der Waals surface area contributed by atoms with Gasteiger partial charge < -0.3 is 19.7 Å². The van der Waals surface area contributed by atoms with E-state index >= 15 is 0 Å². The van der Waals surface area contributed by atoms with Gasteiger partial charge >= 0.3 is 11.9 Å². The van der Waals surface area contributed by atoms with Gasteiger partial charge in [-0.05, 0) is 113 Å². The Hall–Kier alpha value is -3.36. The lowest BCUT2D eigenvalue weighted by Crippen LogP contribution is -2.51. The maximum Gasteiger partial charge on any atom is 0.312 e. The van der Waals surface area contributed by atoms with Crippen LogP contribution in [0.3, 0.4) is 0 Å². The van der Waals surface area contributed by atoms with Gasteiger partial charge in [0.05, 0.1) is 25.0 Å². The van der Waals surface area contributed by atoms with Crippen molar-refractivity contribution in [2.75, 3.05) is 13.2 Å². The van der Waals surface area contributed by atoms with Gasteiger partial charge in [-0.1, -0.05) is 49.9 Å². The molecule has 0 saturated heterocycles. The van der Waals surface area contributed by atoms with E-state index in [1.54, 1.807) is 24.3 Å². The average Bonchev–Trinajstić information content (AvgIpc) is 3.04. The maximum atomic E-state index is 13.4. The zero-order valence-corrected chi connectivity index (χ0v) is 27.9. The number of hydrogen-bond donors (Lipinski definition) is 2. The number of ketones is 2. The summed E-state index contributed by atoms with van der Waals surface area (Å²) in [4.78, 5) is 52.8. The van der Waals surface area contributed by atoms with Gasteiger partial charge in [0, 0.05) is 11.1 Å². The minimum Gasteiger partial charge on any atom is -0.465 e. The molecule has 8 nitrogen and oxygen atoms in total. The molecule has 2 saturated carbocycles. The van der Waals surface area contributed by atoms with Crippen molar-refractivity contribution in [1.29, 1.82) is 0 Å². The summed E-state index contributed by atoms with van der Waals surface area (Å²) in [5, 5.41) is 22.9. The first-order valence-electron chi connectivity index (χ1n) is 16.9. The van der Waals surface area contributed by atoms with Gasteiger partial charge in [0.15, 0.2) is 11.6 Å². The fourth-order valence-corrected chi connectivity index (χ4v) is 6.85. The summed E-state index contributed by atoms with van der Waals surface area (Å²) in [6.07, 6.45) is 6.79. The van der Waals surface area contributed by atoms with Gasteiger partial charge in [0.1, 0.15) is 11.2 Å². The molecule has 4 unspecified atom stereocenters. The molecule has 2 aliphatic rings.